The molecule has 4 rings (SSSR count). The maximum atomic E-state index is 12.1. The molecule has 0 unspecified atom stereocenters. The maximum Gasteiger partial charge on any atom is 0.271 e. The number of carbonyl (C=O) groups excluding carboxylic acids is 1. The van der Waals surface area contributed by atoms with Gasteiger partial charge in [-0.1, -0.05) is 92.7 Å². The van der Waals surface area contributed by atoms with Crippen LogP contribution in [0.4, 0.5) is 0 Å². The Morgan fingerprint density at radius 1 is 0.853 bits per heavy atom. The van der Waals surface area contributed by atoms with Crippen LogP contribution in [0.2, 0.25) is 0 Å². The van der Waals surface area contributed by atoms with E-state index in [0.29, 0.717) is 36.2 Å². The first kappa shape index (κ1) is 23.2. The van der Waals surface area contributed by atoms with Crippen molar-refractivity contribution in [1.82, 2.24) is 9.97 Å². The third-order valence-corrected chi connectivity index (χ3v) is 5.77. The lowest BCUT2D eigenvalue weighted by molar-refractivity contribution is 0.0989. The van der Waals surface area contributed by atoms with E-state index in [-0.39, 0.29) is 5.69 Å². The van der Waals surface area contributed by atoms with E-state index in [1.807, 2.05) is 37.3 Å². The van der Waals surface area contributed by atoms with E-state index in [0.717, 1.165) is 16.7 Å². The Hall–Kier alpha value is -3.99. The third-order valence-electron chi connectivity index (χ3n) is 5.77. The number of ether oxygens (including phenoxy) is 1. The lowest BCUT2D eigenvalue weighted by atomic mass is 9.98. The fraction of sp³-hybridized carbons (Fsp3) is 0.207. The molecular formula is C29H29N3O2. The number of primary amides is 1. The van der Waals surface area contributed by atoms with E-state index in [9.17, 15) is 4.79 Å². The summed E-state index contributed by atoms with van der Waals surface area (Å²) in [4.78, 5) is 21.1. The molecule has 4 aromatic rings. The molecule has 3 aromatic carbocycles. The van der Waals surface area contributed by atoms with Gasteiger partial charge in [-0.25, -0.2) is 9.97 Å². The molecule has 1 amide bonds. The van der Waals surface area contributed by atoms with Crippen LogP contribution in [-0.2, 0) is 13.0 Å². The van der Waals surface area contributed by atoms with Gasteiger partial charge in [0, 0.05) is 6.42 Å². The molecule has 1 aromatic heterocycles. The monoisotopic (exact) mass is 451 g/mol. The summed E-state index contributed by atoms with van der Waals surface area (Å²) in [6.07, 6.45) is 0.493. The molecule has 0 saturated carbocycles. The summed E-state index contributed by atoms with van der Waals surface area (Å²) in [5.74, 6) is 0.753. The standard InChI is InChI=1S/C29H29N3O2/c1-19(2)23-13-15-25(16-14-23)24-11-9-21(10-12-24)17-26-31-20(3)28(27(32-26)29(30)33)34-18-22-7-5-4-6-8-22/h4-16,19H,17-18H2,1-3H3,(H2,30,33). The zero-order valence-electron chi connectivity index (χ0n) is 19.8. The Morgan fingerprint density at radius 3 is 2.06 bits per heavy atom. The maximum absolute atomic E-state index is 12.1. The van der Waals surface area contributed by atoms with Gasteiger partial charge in [0.25, 0.3) is 5.91 Å². The normalized spacial score (nSPS) is 10.9. The zero-order valence-corrected chi connectivity index (χ0v) is 19.8. The van der Waals surface area contributed by atoms with Crippen molar-refractivity contribution in [2.75, 3.05) is 0 Å². The third kappa shape index (κ3) is 5.49. The van der Waals surface area contributed by atoms with E-state index in [4.69, 9.17) is 10.5 Å². The van der Waals surface area contributed by atoms with Gasteiger partial charge < -0.3 is 10.5 Å². The van der Waals surface area contributed by atoms with Crippen LogP contribution >= 0.6 is 0 Å². The Labute approximate surface area is 200 Å². The van der Waals surface area contributed by atoms with Crippen molar-refractivity contribution < 1.29 is 9.53 Å². The molecule has 34 heavy (non-hydrogen) atoms. The summed E-state index contributed by atoms with van der Waals surface area (Å²) in [7, 11) is 0. The van der Waals surface area contributed by atoms with Gasteiger partial charge >= 0.3 is 0 Å². The number of hydrogen-bond donors (Lipinski definition) is 1. The number of carbonyl (C=O) groups is 1. The second kappa shape index (κ2) is 10.3. The highest BCUT2D eigenvalue weighted by atomic mass is 16.5. The summed E-state index contributed by atoms with van der Waals surface area (Å²) in [6.45, 7) is 6.50. The number of aromatic nitrogens is 2. The fourth-order valence-corrected chi connectivity index (χ4v) is 3.83. The van der Waals surface area contributed by atoms with E-state index in [2.05, 4.69) is 72.3 Å². The van der Waals surface area contributed by atoms with Gasteiger partial charge in [0.05, 0.1) is 5.69 Å². The number of hydrogen-bond acceptors (Lipinski definition) is 4. The number of nitrogens with two attached hydrogens (primary N) is 1. The first-order valence-electron chi connectivity index (χ1n) is 11.4. The van der Waals surface area contributed by atoms with E-state index in [1.54, 1.807) is 0 Å². The predicted molar refractivity (Wildman–Crippen MR) is 135 cm³/mol. The van der Waals surface area contributed by atoms with Crippen molar-refractivity contribution in [2.24, 2.45) is 5.73 Å². The minimum Gasteiger partial charge on any atom is -0.485 e. The van der Waals surface area contributed by atoms with Gasteiger partial charge in [-0.15, -0.1) is 0 Å². The van der Waals surface area contributed by atoms with Crippen LogP contribution in [0.3, 0.4) is 0 Å². The van der Waals surface area contributed by atoms with Crippen LogP contribution in [0.15, 0.2) is 78.9 Å². The minimum atomic E-state index is -0.630. The number of nitrogens with zero attached hydrogens (tertiary/aromatic N) is 2. The highest BCUT2D eigenvalue weighted by Crippen LogP contribution is 2.25. The van der Waals surface area contributed by atoms with Crippen molar-refractivity contribution in [1.29, 1.82) is 0 Å². The molecule has 5 heteroatoms. The molecule has 0 aliphatic heterocycles. The zero-order chi connectivity index (χ0) is 24.1. The molecule has 0 saturated heterocycles. The van der Waals surface area contributed by atoms with Crippen LogP contribution in [0.25, 0.3) is 11.1 Å². The number of benzene rings is 3. The molecule has 0 bridgehead atoms. The largest absolute Gasteiger partial charge is 0.485 e. The van der Waals surface area contributed by atoms with Crippen molar-refractivity contribution in [2.45, 2.75) is 39.7 Å². The van der Waals surface area contributed by atoms with Gasteiger partial charge in [-0.2, -0.15) is 0 Å². The molecule has 0 aliphatic carbocycles. The molecule has 2 N–H and O–H groups in total. The second-order valence-electron chi connectivity index (χ2n) is 8.69. The van der Waals surface area contributed by atoms with Crippen LogP contribution in [0, 0.1) is 6.92 Å². The molecule has 0 radical (unpaired) electrons. The van der Waals surface area contributed by atoms with Gasteiger partial charge in [-0.3, -0.25) is 4.79 Å². The first-order chi connectivity index (χ1) is 16.4. The molecular weight excluding hydrogens is 422 g/mol. The smallest absolute Gasteiger partial charge is 0.271 e. The number of aryl methyl sites for hydroxylation is 1. The summed E-state index contributed by atoms with van der Waals surface area (Å²) >= 11 is 0. The average molecular weight is 452 g/mol. The molecule has 0 atom stereocenters. The molecule has 1 heterocycles. The van der Waals surface area contributed by atoms with Crippen LogP contribution in [0.5, 0.6) is 5.75 Å². The molecule has 0 spiro atoms. The van der Waals surface area contributed by atoms with Gasteiger partial charge in [-0.05, 0) is 40.7 Å². The molecule has 172 valence electrons. The summed E-state index contributed by atoms with van der Waals surface area (Å²) in [5, 5.41) is 0. The molecule has 5 nitrogen and oxygen atoms in total. The number of amides is 1. The lowest BCUT2D eigenvalue weighted by Gasteiger charge is -2.13. The summed E-state index contributed by atoms with van der Waals surface area (Å²) < 4.78 is 5.88. The van der Waals surface area contributed by atoms with E-state index >= 15 is 0 Å². The average Bonchev–Trinajstić information content (AvgIpc) is 2.84. The van der Waals surface area contributed by atoms with Crippen LogP contribution < -0.4 is 10.5 Å². The Bertz CT molecular complexity index is 1270. The van der Waals surface area contributed by atoms with Crippen molar-refractivity contribution >= 4 is 5.91 Å². The second-order valence-corrected chi connectivity index (χ2v) is 8.69. The Balaban J connectivity index is 1.51. The van der Waals surface area contributed by atoms with Crippen molar-refractivity contribution in [3.63, 3.8) is 0 Å². The number of rotatable bonds is 8. The highest BCUT2D eigenvalue weighted by Gasteiger charge is 2.18. The van der Waals surface area contributed by atoms with Gasteiger partial charge in [0.1, 0.15) is 12.4 Å². The predicted octanol–water partition coefficient (Wildman–Crippen LogP) is 5.84. The summed E-state index contributed by atoms with van der Waals surface area (Å²) in [6, 6.07) is 26.7. The first-order valence-corrected chi connectivity index (χ1v) is 11.4. The van der Waals surface area contributed by atoms with Crippen LogP contribution in [-0.4, -0.2) is 15.9 Å². The topological polar surface area (TPSA) is 78.1 Å². The van der Waals surface area contributed by atoms with Gasteiger partial charge in [0.2, 0.25) is 0 Å². The SMILES string of the molecule is Cc1nc(Cc2ccc(-c3ccc(C(C)C)cc3)cc2)nc(C(N)=O)c1OCc1ccccc1. The van der Waals surface area contributed by atoms with Crippen molar-refractivity contribution in [3.8, 4) is 16.9 Å². The lowest BCUT2D eigenvalue weighted by Crippen LogP contribution is -2.18. The van der Waals surface area contributed by atoms with E-state index < -0.39 is 5.91 Å². The molecule has 0 fully saturated rings. The van der Waals surface area contributed by atoms with Gasteiger partial charge in [0.15, 0.2) is 11.4 Å². The van der Waals surface area contributed by atoms with Crippen molar-refractivity contribution in [3.05, 3.63) is 113 Å². The Kier molecular flexibility index (Phi) is 7.02. The minimum absolute atomic E-state index is 0.111. The highest BCUT2D eigenvalue weighted by molar-refractivity contribution is 5.93. The van der Waals surface area contributed by atoms with E-state index in [1.165, 1.54) is 11.1 Å². The fourth-order valence-electron chi connectivity index (χ4n) is 3.83. The Morgan fingerprint density at radius 2 is 1.47 bits per heavy atom. The molecule has 0 aliphatic rings. The summed E-state index contributed by atoms with van der Waals surface area (Å²) in [5.41, 5.74) is 12.0. The quantitative estimate of drug-likeness (QED) is 0.365. The van der Waals surface area contributed by atoms with Crippen LogP contribution in [0.1, 0.15) is 58.5 Å².